The van der Waals surface area contributed by atoms with Gasteiger partial charge in [-0.25, -0.2) is 8.42 Å². The molecule has 35 heavy (non-hydrogen) atoms. The lowest BCUT2D eigenvalue weighted by atomic mass is 10.1. The molecule has 0 saturated carbocycles. The Bertz CT molecular complexity index is 1210. The molecule has 0 unspecified atom stereocenters. The molecule has 0 aliphatic heterocycles. The maximum absolute atomic E-state index is 13.4. The molecule has 7 nitrogen and oxygen atoms in total. The first-order valence-electron chi connectivity index (χ1n) is 11.5. The number of hydrogen-bond donors (Lipinski definition) is 1. The SMILES string of the molecule is COc1ccccc1N(CC(=O)NCCCc1cccc(OC(C)C)c1)S(=O)(=O)c1ccccc1. The van der Waals surface area contributed by atoms with E-state index in [1.54, 1.807) is 42.5 Å². The predicted molar refractivity (Wildman–Crippen MR) is 138 cm³/mol. The number of rotatable bonds is 12. The number of para-hydroxylation sites is 2. The highest BCUT2D eigenvalue weighted by Crippen LogP contribution is 2.32. The lowest BCUT2D eigenvalue weighted by Crippen LogP contribution is -2.41. The summed E-state index contributed by atoms with van der Waals surface area (Å²) in [5, 5.41) is 2.84. The molecule has 0 spiro atoms. The van der Waals surface area contributed by atoms with Crippen molar-refractivity contribution in [1.82, 2.24) is 5.32 Å². The van der Waals surface area contributed by atoms with E-state index >= 15 is 0 Å². The van der Waals surface area contributed by atoms with Crippen LogP contribution in [0, 0.1) is 0 Å². The van der Waals surface area contributed by atoms with Gasteiger partial charge in [0.1, 0.15) is 18.0 Å². The molecule has 0 aliphatic rings. The summed E-state index contributed by atoms with van der Waals surface area (Å²) in [6, 6.07) is 22.7. The number of carbonyl (C=O) groups is 1. The molecule has 0 saturated heterocycles. The minimum absolute atomic E-state index is 0.0993. The van der Waals surface area contributed by atoms with Gasteiger partial charge in [-0.05, 0) is 68.7 Å². The molecule has 0 aromatic heterocycles. The van der Waals surface area contributed by atoms with E-state index in [1.165, 1.54) is 19.2 Å². The first-order chi connectivity index (χ1) is 16.8. The van der Waals surface area contributed by atoms with Crippen LogP contribution < -0.4 is 19.1 Å². The van der Waals surface area contributed by atoms with Crippen LogP contribution in [0.2, 0.25) is 0 Å². The summed E-state index contributed by atoms with van der Waals surface area (Å²) in [6.45, 7) is 4.01. The molecule has 0 aliphatic carbocycles. The van der Waals surface area contributed by atoms with Gasteiger partial charge in [-0.15, -0.1) is 0 Å². The average Bonchev–Trinajstić information content (AvgIpc) is 2.85. The van der Waals surface area contributed by atoms with E-state index in [4.69, 9.17) is 9.47 Å². The summed E-state index contributed by atoms with van der Waals surface area (Å²) in [4.78, 5) is 12.9. The molecule has 3 aromatic rings. The molecule has 3 aromatic carbocycles. The fourth-order valence-corrected chi connectivity index (χ4v) is 5.06. The van der Waals surface area contributed by atoms with Crippen molar-refractivity contribution in [1.29, 1.82) is 0 Å². The molecular weight excluding hydrogens is 464 g/mol. The fourth-order valence-electron chi connectivity index (χ4n) is 3.61. The van der Waals surface area contributed by atoms with Gasteiger partial charge in [0, 0.05) is 6.54 Å². The lowest BCUT2D eigenvalue weighted by molar-refractivity contribution is -0.119. The van der Waals surface area contributed by atoms with E-state index < -0.39 is 15.9 Å². The highest BCUT2D eigenvalue weighted by molar-refractivity contribution is 7.92. The Kier molecular flexibility index (Phi) is 9.14. The van der Waals surface area contributed by atoms with Gasteiger partial charge in [-0.1, -0.05) is 42.5 Å². The van der Waals surface area contributed by atoms with Gasteiger partial charge in [0.25, 0.3) is 10.0 Å². The molecule has 186 valence electrons. The first kappa shape index (κ1) is 26.1. The Morgan fingerprint density at radius 1 is 0.971 bits per heavy atom. The van der Waals surface area contributed by atoms with Crippen LogP contribution in [0.1, 0.15) is 25.8 Å². The monoisotopic (exact) mass is 496 g/mol. The summed E-state index contributed by atoms with van der Waals surface area (Å²) in [5.74, 6) is 0.788. The number of hydrogen-bond acceptors (Lipinski definition) is 5. The number of anilines is 1. The number of methoxy groups -OCH3 is 1. The van der Waals surface area contributed by atoms with Crippen molar-refractivity contribution in [3.8, 4) is 11.5 Å². The summed E-state index contributed by atoms with van der Waals surface area (Å²) >= 11 is 0. The topological polar surface area (TPSA) is 84.9 Å². The van der Waals surface area contributed by atoms with Crippen molar-refractivity contribution in [2.75, 3.05) is 24.5 Å². The summed E-state index contributed by atoms with van der Waals surface area (Å²) < 4.78 is 39.1. The van der Waals surface area contributed by atoms with Crippen LogP contribution in [0.25, 0.3) is 0 Å². The van der Waals surface area contributed by atoms with Gasteiger partial charge in [0.2, 0.25) is 5.91 Å². The van der Waals surface area contributed by atoms with Crippen molar-refractivity contribution in [3.63, 3.8) is 0 Å². The van der Waals surface area contributed by atoms with E-state index in [2.05, 4.69) is 5.32 Å². The molecule has 0 atom stereocenters. The third-order valence-corrected chi connectivity index (χ3v) is 6.98. The van der Waals surface area contributed by atoms with Crippen molar-refractivity contribution in [2.24, 2.45) is 0 Å². The van der Waals surface area contributed by atoms with Crippen LogP contribution >= 0.6 is 0 Å². The second kappa shape index (κ2) is 12.3. The highest BCUT2D eigenvalue weighted by Gasteiger charge is 2.29. The molecular formula is C27H32N2O5S. The number of nitrogens with zero attached hydrogens (tertiary/aromatic N) is 1. The van der Waals surface area contributed by atoms with E-state index in [0.29, 0.717) is 24.4 Å². The third-order valence-electron chi connectivity index (χ3n) is 5.21. The molecule has 0 radical (unpaired) electrons. The number of aryl methyl sites for hydroxylation is 1. The Morgan fingerprint density at radius 3 is 2.40 bits per heavy atom. The number of benzene rings is 3. The molecule has 3 rings (SSSR count). The molecule has 8 heteroatoms. The molecule has 0 fully saturated rings. The predicted octanol–water partition coefficient (Wildman–Crippen LogP) is 4.43. The molecule has 1 amide bonds. The maximum Gasteiger partial charge on any atom is 0.264 e. The third kappa shape index (κ3) is 7.23. The van der Waals surface area contributed by atoms with Crippen molar-refractivity contribution < 1.29 is 22.7 Å². The Hall–Kier alpha value is -3.52. The van der Waals surface area contributed by atoms with Crippen molar-refractivity contribution >= 4 is 21.6 Å². The second-order valence-electron chi connectivity index (χ2n) is 8.26. The molecule has 0 bridgehead atoms. The van der Waals surface area contributed by atoms with Crippen LogP contribution in [0.5, 0.6) is 11.5 Å². The van der Waals surface area contributed by atoms with Crippen molar-refractivity contribution in [3.05, 3.63) is 84.4 Å². The summed E-state index contributed by atoms with van der Waals surface area (Å²) in [5.41, 5.74) is 1.41. The van der Waals surface area contributed by atoms with Gasteiger partial charge in [0.05, 0.1) is 23.8 Å². The second-order valence-corrected chi connectivity index (χ2v) is 10.1. The van der Waals surface area contributed by atoms with Gasteiger partial charge in [-0.2, -0.15) is 0 Å². The van der Waals surface area contributed by atoms with Gasteiger partial charge in [0.15, 0.2) is 0 Å². The quantitative estimate of drug-likeness (QED) is 0.375. The van der Waals surface area contributed by atoms with E-state index in [0.717, 1.165) is 22.0 Å². The minimum Gasteiger partial charge on any atom is -0.495 e. The Balaban J connectivity index is 1.67. The standard InChI is InChI=1S/C27H32N2O5S/c1-21(2)34-23-13-9-11-22(19-23)12-10-18-28-27(30)20-29(25-16-7-8-17-26(25)33-3)35(31,32)24-14-5-4-6-15-24/h4-9,11,13-17,19,21H,10,12,18,20H2,1-3H3,(H,28,30). The normalized spacial score (nSPS) is 11.2. The molecule has 1 N–H and O–H groups in total. The van der Waals surface area contributed by atoms with Crippen LogP contribution in [-0.4, -0.2) is 40.6 Å². The Labute approximate surface area is 207 Å². The van der Waals surface area contributed by atoms with E-state index in [1.807, 2.05) is 38.1 Å². The lowest BCUT2D eigenvalue weighted by Gasteiger charge is -2.25. The Morgan fingerprint density at radius 2 is 1.69 bits per heavy atom. The maximum atomic E-state index is 13.4. The van der Waals surface area contributed by atoms with E-state index in [9.17, 15) is 13.2 Å². The minimum atomic E-state index is -3.99. The number of nitrogens with one attached hydrogen (secondary N) is 1. The summed E-state index contributed by atoms with van der Waals surface area (Å²) in [7, 11) is -2.53. The number of amides is 1. The van der Waals surface area contributed by atoms with Crippen LogP contribution in [0.15, 0.2) is 83.8 Å². The zero-order chi connectivity index (χ0) is 25.3. The largest absolute Gasteiger partial charge is 0.495 e. The van der Waals surface area contributed by atoms with Gasteiger partial charge >= 0.3 is 0 Å². The fraction of sp³-hybridized carbons (Fsp3) is 0.296. The van der Waals surface area contributed by atoms with Crippen LogP contribution in [-0.2, 0) is 21.2 Å². The van der Waals surface area contributed by atoms with Gasteiger partial charge in [-0.3, -0.25) is 9.10 Å². The smallest absolute Gasteiger partial charge is 0.264 e. The first-order valence-corrected chi connectivity index (χ1v) is 13.0. The number of ether oxygens (including phenoxy) is 2. The molecule has 0 heterocycles. The summed E-state index contributed by atoms with van der Waals surface area (Å²) in [6.07, 6.45) is 1.56. The number of carbonyl (C=O) groups excluding carboxylic acids is 1. The number of sulfonamides is 1. The highest BCUT2D eigenvalue weighted by atomic mass is 32.2. The average molecular weight is 497 g/mol. The van der Waals surface area contributed by atoms with Crippen LogP contribution in [0.4, 0.5) is 5.69 Å². The van der Waals surface area contributed by atoms with E-state index in [-0.39, 0.29) is 17.5 Å². The zero-order valence-electron chi connectivity index (χ0n) is 20.3. The van der Waals surface area contributed by atoms with Crippen molar-refractivity contribution in [2.45, 2.75) is 37.7 Å². The van der Waals surface area contributed by atoms with Gasteiger partial charge < -0.3 is 14.8 Å². The zero-order valence-corrected chi connectivity index (χ0v) is 21.1. The van der Waals surface area contributed by atoms with Crippen LogP contribution in [0.3, 0.4) is 0 Å².